The first-order valence-electron chi connectivity index (χ1n) is 6.22. The molecular formula is C15H17NO3. The van der Waals surface area contributed by atoms with Crippen molar-refractivity contribution in [2.45, 2.75) is 26.4 Å². The molecule has 0 bridgehead atoms. The average Bonchev–Trinajstić information content (AvgIpc) is 2.83. The summed E-state index contributed by atoms with van der Waals surface area (Å²) in [5.41, 5.74) is 0.743. The molecule has 2 rings (SSSR count). The Kier molecular flexibility index (Phi) is 4.23. The SMILES string of the molecule is CC(C)Oc1ccc(NC(=O)Cc2ccco2)cc1. The predicted octanol–water partition coefficient (Wildman–Crippen LogP) is 3.25. The van der Waals surface area contributed by atoms with Crippen molar-refractivity contribution >= 4 is 11.6 Å². The second-order valence-electron chi connectivity index (χ2n) is 4.50. The Morgan fingerprint density at radius 3 is 2.58 bits per heavy atom. The molecule has 0 saturated carbocycles. The van der Waals surface area contributed by atoms with Crippen LogP contribution in [0, 0.1) is 0 Å². The van der Waals surface area contributed by atoms with Gasteiger partial charge in [0.05, 0.1) is 18.8 Å². The zero-order valence-corrected chi connectivity index (χ0v) is 11.1. The maximum Gasteiger partial charge on any atom is 0.231 e. The standard InChI is InChI=1S/C15H17NO3/c1-11(2)19-13-7-5-12(6-8-13)16-15(17)10-14-4-3-9-18-14/h3-9,11H,10H2,1-2H3,(H,16,17). The van der Waals surface area contributed by atoms with Crippen LogP contribution in [-0.4, -0.2) is 12.0 Å². The van der Waals surface area contributed by atoms with Crippen molar-refractivity contribution in [3.05, 3.63) is 48.4 Å². The fourth-order valence-corrected chi connectivity index (χ4v) is 1.67. The van der Waals surface area contributed by atoms with Crippen LogP contribution in [0.1, 0.15) is 19.6 Å². The van der Waals surface area contributed by atoms with Gasteiger partial charge in [0, 0.05) is 5.69 Å². The quantitative estimate of drug-likeness (QED) is 0.896. The summed E-state index contributed by atoms with van der Waals surface area (Å²) < 4.78 is 10.7. The Bertz CT molecular complexity index is 515. The number of ether oxygens (including phenoxy) is 1. The van der Waals surface area contributed by atoms with Crippen molar-refractivity contribution < 1.29 is 13.9 Å². The first-order chi connectivity index (χ1) is 9.13. The Hall–Kier alpha value is -2.23. The molecule has 1 aromatic heterocycles. The maximum absolute atomic E-state index is 11.7. The zero-order chi connectivity index (χ0) is 13.7. The molecule has 1 heterocycles. The highest BCUT2D eigenvalue weighted by molar-refractivity contribution is 5.91. The molecule has 100 valence electrons. The molecule has 0 unspecified atom stereocenters. The van der Waals surface area contributed by atoms with Gasteiger partial charge in [-0.2, -0.15) is 0 Å². The number of hydrogen-bond donors (Lipinski definition) is 1. The van der Waals surface area contributed by atoms with E-state index in [2.05, 4.69) is 5.32 Å². The van der Waals surface area contributed by atoms with E-state index in [-0.39, 0.29) is 18.4 Å². The van der Waals surface area contributed by atoms with E-state index >= 15 is 0 Å². The summed E-state index contributed by atoms with van der Waals surface area (Å²) in [5, 5.41) is 2.81. The lowest BCUT2D eigenvalue weighted by atomic mass is 10.2. The number of carbonyl (C=O) groups is 1. The van der Waals surface area contributed by atoms with E-state index in [1.54, 1.807) is 18.4 Å². The predicted molar refractivity (Wildman–Crippen MR) is 73.2 cm³/mol. The Morgan fingerprint density at radius 2 is 2.00 bits per heavy atom. The number of benzene rings is 1. The minimum atomic E-state index is -0.104. The summed E-state index contributed by atoms with van der Waals surface area (Å²) in [5.74, 6) is 1.34. The smallest absolute Gasteiger partial charge is 0.231 e. The lowest BCUT2D eigenvalue weighted by Gasteiger charge is -2.10. The van der Waals surface area contributed by atoms with Crippen molar-refractivity contribution in [1.82, 2.24) is 0 Å². The minimum absolute atomic E-state index is 0.104. The number of rotatable bonds is 5. The van der Waals surface area contributed by atoms with Gasteiger partial charge in [0.2, 0.25) is 5.91 Å². The molecule has 0 spiro atoms. The highest BCUT2D eigenvalue weighted by Gasteiger charge is 2.06. The molecule has 0 aliphatic rings. The van der Waals surface area contributed by atoms with E-state index in [9.17, 15) is 4.79 Å². The van der Waals surface area contributed by atoms with Crippen LogP contribution in [-0.2, 0) is 11.2 Å². The molecule has 1 N–H and O–H groups in total. The Balaban J connectivity index is 1.90. The van der Waals surface area contributed by atoms with Gasteiger partial charge in [-0.15, -0.1) is 0 Å². The lowest BCUT2D eigenvalue weighted by molar-refractivity contribution is -0.115. The van der Waals surface area contributed by atoms with Gasteiger partial charge in [0.1, 0.15) is 11.5 Å². The van der Waals surface area contributed by atoms with E-state index in [0.717, 1.165) is 11.4 Å². The molecule has 1 amide bonds. The molecule has 0 atom stereocenters. The molecule has 0 aliphatic carbocycles. The molecule has 0 saturated heterocycles. The van der Waals surface area contributed by atoms with Gasteiger partial charge in [0.25, 0.3) is 0 Å². The summed E-state index contributed by atoms with van der Waals surface area (Å²) >= 11 is 0. The highest BCUT2D eigenvalue weighted by Crippen LogP contribution is 2.17. The van der Waals surface area contributed by atoms with E-state index in [1.165, 1.54) is 0 Å². The third-order valence-corrected chi connectivity index (χ3v) is 2.42. The van der Waals surface area contributed by atoms with Crippen molar-refractivity contribution in [3.63, 3.8) is 0 Å². The van der Waals surface area contributed by atoms with E-state index < -0.39 is 0 Å². The average molecular weight is 259 g/mol. The van der Waals surface area contributed by atoms with Crippen LogP contribution in [0.4, 0.5) is 5.69 Å². The third kappa shape index (κ3) is 4.17. The van der Waals surface area contributed by atoms with Gasteiger partial charge in [0.15, 0.2) is 0 Å². The summed E-state index contributed by atoms with van der Waals surface area (Å²) in [7, 11) is 0. The molecule has 4 heteroatoms. The monoisotopic (exact) mass is 259 g/mol. The minimum Gasteiger partial charge on any atom is -0.491 e. The molecule has 2 aromatic rings. The van der Waals surface area contributed by atoms with Gasteiger partial charge in [-0.1, -0.05) is 0 Å². The fourth-order valence-electron chi connectivity index (χ4n) is 1.67. The topological polar surface area (TPSA) is 51.5 Å². The second kappa shape index (κ2) is 6.09. The number of anilines is 1. The molecule has 0 radical (unpaired) electrons. The molecule has 19 heavy (non-hydrogen) atoms. The Labute approximate surface area is 112 Å². The van der Waals surface area contributed by atoms with E-state index in [4.69, 9.17) is 9.15 Å². The fraction of sp³-hybridized carbons (Fsp3) is 0.267. The third-order valence-electron chi connectivity index (χ3n) is 2.42. The summed E-state index contributed by atoms with van der Waals surface area (Å²) in [6, 6.07) is 10.8. The van der Waals surface area contributed by atoms with Gasteiger partial charge >= 0.3 is 0 Å². The first kappa shape index (κ1) is 13.2. The molecular weight excluding hydrogens is 242 g/mol. The highest BCUT2D eigenvalue weighted by atomic mass is 16.5. The maximum atomic E-state index is 11.7. The first-order valence-corrected chi connectivity index (χ1v) is 6.22. The Morgan fingerprint density at radius 1 is 1.26 bits per heavy atom. The van der Waals surface area contributed by atoms with Crippen molar-refractivity contribution in [1.29, 1.82) is 0 Å². The van der Waals surface area contributed by atoms with E-state index in [1.807, 2.05) is 38.1 Å². The molecule has 1 aromatic carbocycles. The normalized spacial score (nSPS) is 10.5. The molecule has 0 fully saturated rings. The van der Waals surface area contributed by atoms with Crippen LogP contribution in [0.3, 0.4) is 0 Å². The van der Waals surface area contributed by atoms with Crippen LogP contribution in [0.5, 0.6) is 5.75 Å². The van der Waals surface area contributed by atoms with E-state index in [0.29, 0.717) is 5.76 Å². The van der Waals surface area contributed by atoms with Crippen LogP contribution in [0.2, 0.25) is 0 Å². The summed E-state index contributed by atoms with van der Waals surface area (Å²) in [4.78, 5) is 11.7. The zero-order valence-electron chi connectivity index (χ0n) is 11.1. The van der Waals surface area contributed by atoms with Crippen LogP contribution in [0.15, 0.2) is 47.1 Å². The number of amides is 1. The van der Waals surface area contributed by atoms with Gasteiger partial charge in [-0.25, -0.2) is 0 Å². The van der Waals surface area contributed by atoms with Crippen LogP contribution in [0.25, 0.3) is 0 Å². The van der Waals surface area contributed by atoms with Crippen LogP contribution < -0.4 is 10.1 Å². The van der Waals surface area contributed by atoms with Gasteiger partial charge in [-0.05, 0) is 50.2 Å². The number of furan rings is 1. The van der Waals surface area contributed by atoms with Crippen LogP contribution >= 0.6 is 0 Å². The molecule has 0 aliphatic heterocycles. The van der Waals surface area contributed by atoms with Gasteiger partial charge in [-0.3, -0.25) is 4.79 Å². The van der Waals surface area contributed by atoms with Crippen molar-refractivity contribution in [3.8, 4) is 5.75 Å². The number of hydrogen-bond acceptors (Lipinski definition) is 3. The van der Waals surface area contributed by atoms with Crippen molar-refractivity contribution in [2.24, 2.45) is 0 Å². The largest absolute Gasteiger partial charge is 0.491 e. The second-order valence-corrected chi connectivity index (χ2v) is 4.50. The molecule has 4 nitrogen and oxygen atoms in total. The lowest BCUT2D eigenvalue weighted by Crippen LogP contribution is -2.14. The number of nitrogens with one attached hydrogen (secondary N) is 1. The van der Waals surface area contributed by atoms with Crippen molar-refractivity contribution in [2.75, 3.05) is 5.32 Å². The summed E-state index contributed by atoms with van der Waals surface area (Å²) in [6.45, 7) is 3.94. The summed E-state index contributed by atoms with van der Waals surface area (Å²) in [6.07, 6.45) is 1.93. The van der Waals surface area contributed by atoms with Gasteiger partial charge < -0.3 is 14.5 Å². The number of carbonyl (C=O) groups excluding carboxylic acids is 1.